The van der Waals surface area contributed by atoms with E-state index in [9.17, 15) is 4.79 Å². The van der Waals surface area contributed by atoms with Crippen molar-refractivity contribution < 1.29 is 9.53 Å². The number of rotatable bonds is 5. The topological polar surface area (TPSA) is 38.3 Å². The zero-order valence-electron chi connectivity index (χ0n) is 13.4. The number of hydrogen-bond acceptors (Lipinski definition) is 3. The predicted molar refractivity (Wildman–Crippen MR) is 97.6 cm³/mol. The molecule has 0 bridgehead atoms. The van der Waals surface area contributed by atoms with Crippen molar-refractivity contribution >= 4 is 34.9 Å². The maximum Gasteiger partial charge on any atom is 0.329 e. The van der Waals surface area contributed by atoms with Crippen LogP contribution in [0.2, 0.25) is 10.0 Å². The molecule has 5 heteroatoms. The van der Waals surface area contributed by atoms with Gasteiger partial charge < -0.3 is 10.1 Å². The maximum atomic E-state index is 12.5. The third kappa shape index (κ3) is 3.52. The highest BCUT2D eigenvalue weighted by Gasteiger charge is 2.47. The van der Waals surface area contributed by atoms with Gasteiger partial charge in [0.25, 0.3) is 0 Å². The van der Waals surface area contributed by atoms with E-state index in [4.69, 9.17) is 27.9 Å². The zero-order valence-corrected chi connectivity index (χ0v) is 14.9. The van der Waals surface area contributed by atoms with Crippen LogP contribution < -0.4 is 5.32 Å². The summed E-state index contributed by atoms with van der Waals surface area (Å²) in [4.78, 5) is 12.5. The number of anilines is 1. The summed E-state index contributed by atoms with van der Waals surface area (Å²) in [5.74, 6) is -0.247. The van der Waals surface area contributed by atoms with Crippen LogP contribution in [0.1, 0.15) is 31.7 Å². The van der Waals surface area contributed by atoms with Gasteiger partial charge in [-0.05, 0) is 30.2 Å². The fourth-order valence-electron chi connectivity index (χ4n) is 3.29. The van der Waals surface area contributed by atoms with E-state index in [-0.39, 0.29) is 5.97 Å². The molecule has 0 aliphatic carbocycles. The maximum absolute atomic E-state index is 12.5. The van der Waals surface area contributed by atoms with Gasteiger partial charge in [0.2, 0.25) is 0 Å². The molecule has 1 N–H and O–H groups in total. The molecule has 1 saturated heterocycles. The Labute approximate surface area is 151 Å². The van der Waals surface area contributed by atoms with Crippen molar-refractivity contribution in [2.45, 2.75) is 37.8 Å². The van der Waals surface area contributed by atoms with E-state index in [2.05, 4.69) is 12.2 Å². The Bertz CT molecular complexity index is 715. The second-order valence-corrected chi connectivity index (χ2v) is 6.96. The summed E-state index contributed by atoms with van der Waals surface area (Å²) in [7, 11) is 0. The van der Waals surface area contributed by atoms with E-state index >= 15 is 0 Å². The minimum Gasteiger partial charge on any atom is -0.453 e. The average molecular weight is 364 g/mol. The summed E-state index contributed by atoms with van der Waals surface area (Å²) in [5, 5.41) is 4.27. The van der Waals surface area contributed by atoms with Gasteiger partial charge in [-0.1, -0.05) is 66.9 Å². The lowest BCUT2D eigenvalue weighted by Crippen LogP contribution is -2.27. The quantitative estimate of drug-likeness (QED) is 0.721. The van der Waals surface area contributed by atoms with Crippen LogP contribution in [0.3, 0.4) is 0 Å². The van der Waals surface area contributed by atoms with Gasteiger partial charge in [0, 0.05) is 22.2 Å². The van der Waals surface area contributed by atoms with Gasteiger partial charge in [0.15, 0.2) is 0 Å². The van der Waals surface area contributed by atoms with E-state index < -0.39 is 11.6 Å². The summed E-state index contributed by atoms with van der Waals surface area (Å²) in [5.41, 5.74) is 1.18. The van der Waals surface area contributed by atoms with Crippen molar-refractivity contribution in [3.63, 3.8) is 0 Å². The van der Waals surface area contributed by atoms with Gasteiger partial charge in [-0.3, -0.25) is 0 Å². The molecule has 0 amide bonds. The van der Waals surface area contributed by atoms with Crippen molar-refractivity contribution in [1.29, 1.82) is 0 Å². The highest BCUT2D eigenvalue weighted by molar-refractivity contribution is 6.35. The molecule has 2 unspecified atom stereocenters. The first-order valence-corrected chi connectivity index (χ1v) is 8.79. The molecular formula is C19H19Cl2NO2. The Morgan fingerprint density at radius 2 is 1.83 bits per heavy atom. The third-order valence-electron chi connectivity index (χ3n) is 4.27. The van der Waals surface area contributed by atoms with Crippen LogP contribution in [0, 0.1) is 0 Å². The predicted octanol–water partition coefficient (Wildman–Crippen LogP) is 5.42. The first kappa shape index (κ1) is 17.1. The molecule has 0 saturated carbocycles. The lowest BCUT2D eigenvalue weighted by atomic mass is 9.85. The van der Waals surface area contributed by atoms with Crippen LogP contribution in [0.5, 0.6) is 0 Å². The average Bonchev–Trinajstić information content (AvgIpc) is 2.84. The first-order valence-electron chi connectivity index (χ1n) is 8.03. The lowest BCUT2D eigenvalue weighted by molar-refractivity contribution is -0.150. The van der Waals surface area contributed by atoms with Crippen LogP contribution in [-0.4, -0.2) is 12.0 Å². The molecule has 2 aromatic carbocycles. The summed E-state index contributed by atoms with van der Waals surface area (Å²) in [6, 6.07) is 14.7. The van der Waals surface area contributed by atoms with Gasteiger partial charge in [0.05, 0.1) is 0 Å². The number of carbonyl (C=O) groups excluding carboxylic acids is 1. The van der Waals surface area contributed by atoms with Gasteiger partial charge >= 0.3 is 5.97 Å². The van der Waals surface area contributed by atoms with Crippen LogP contribution in [-0.2, 0) is 15.1 Å². The van der Waals surface area contributed by atoms with Crippen molar-refractivity contribution in [1.82, 2.24) is 0 Å². The fraction of sp³-hybridized carbons (Fsp3) is 0.316. The smallest absolute Gasteiger partial charge is 0.329 e. The molecule has 2 atom stereocenters. The minimum atomic E-state index is -0.576. The van der Waals surface area contributed by atoms with Gasteiger partial charge in [-0.2, -0.15) is 0 Å². The van der Waals surface area contributed by atoms with Crippen molar-refractivity contribution in [3.05, 3.63) is 64.1 Å². The first-order chi connectivity index (χ1) is 11.5. The number of halogens is 2. The molecule has 126 valence electrons. The molecule has 0 radical (unpaired) electrons. The van der Waals surface area contributed by atoms with Gasteiger partial charge in [-0.15, -0.1) is 0 Å². The number of ether oxygens (including phenoxy) is 1. The minimum absolute atomic E-state index is 0.247. The standard InChI is InChI=1S/C19H19Cl2NO2/c1-2-8-19(13-6-4-3-5-7-13)12-17(18(23)24-19)22-16-10-14(20)9-15(21)11-16/h3-7,9-11,17,22H,2,8,12H2,1H3. The summed E-state index contributed by atoms with van der Waals surface area (Å²) < 4.78 is 5.85. The van der Waals surface area contributed by atoms with Crippen molar-refractivity contribution in [2.24, 2.45) is 0 Å². The Balaban J connectivity index is 1.85. The molecule has 24 heavy (non-hydrogen) atoms. The van der Waals surface area contributed by atoms with Crippen molar-refractivity contribution in [3.8, 4) is 0 Å². The zero-order chi connectivity index (χ0) is 17.2. The summed E-state index contributed by atoms with van der Waals surface area (Å²) in [6.07, 6.45) is 2.29. The number of carbonyl (C=O) groups is 1. The normalized spacial score (nSPS) is 23.1. The molecule has 1 heterocycles. The molecule has 1 aliphatic heterocycles. The lowest BCUT2D eigenvalue weighted by Gasteiger charge is -2.27. The second kappa shape index (κ2) is 7.04. The monoisotopic (exact) mass is 363 g/mol. The molecule has 3 rings (SSSR count). The summed E-state index contributed by atoms with van der Waals surface area (Å²) >= 11 is 12.1. The molecule has 2 aromatic rings. The Hall–Kier alpha value is -1.71. The molecule has 3 nitrogen and oxygen atoms in total. The number of cyclic esters (lactones) is 1. The van der Waals surface area contributed by atoms with E-state index in [1.54, 1.807) is 18.2 Å². The number of esters is 1. The van der Waals surface area contributed by atoms with Crippen LogP contribution in [0.25, 0.3) is 0 Å². The highest BCUT2D eigenvalue weighted by Crippen LogP contribution is 2.41. The van der Waals surface area contributed by atoms with Crippen LogP contribution in [0.15, 0.2) is 48.5 Å². The number of hydrogen-bond donors (Lipinski definition) is 1. The molecule has 1 aliphatic rings. The van der Waals surface area contributed by atoms with E-state index in [1.807, 2.05) is 30.3 Å². The fourth-order valence-corrected chi connectivity index (χ4v) is 3.81. The third-order valence-corrected chi connectivity index (χ3v) is 4.71. The van der Waals surface area contributed by atoms with E-state index in [0.29, 0.717) is 16.5 Å². The Morgan fingerprint density at radius 1 is 1.17 bits per heavy atom. The molecule has 0 spiro atoms. The van der Waals surface area contributed by atoms with E-state index in [0.717, 1.165) is 24.1 Å². The largest absolute Gasteiger partial charge is 0.453 e. The van der Waals surface area contributed by atoms with Gasteiger partial charge in [-0.25, -0.2) is 4.79 Å². The SMILES string of the molecule is CCCC1(c2ccccc2)CC(Nc2cc(Cl)cc(Cl)c2)C(=O)O1. The molecular weight excluding hydrogens is 345 g/mol. The molecule has 1 fully saturated rings. The highest BCUT2D eigenvalue weighted by atomic mass is 35.5. The molecule has 0 aromatic heterocycles. The Morgan fingerprint density at radius 3 is 2.46 bits per heavy atom. The second-order valence-electron chi connectivity index (χ2n) is 6.09. The number of benzene rings is 2. The van der Waals surface area contributed by atoms with Gasteiger partial charge in [0.1, 0.15) is 11.6 Å². The number of nitrogens with one attached hydrogen (secondary N) is 1. The summed E-state index contributed by atoms with van der Waals surface area (Å²) in [6.45, 7) is 2.09. The van der Waals surface area contributed by atoms with Crippen LogP contribution in [0.4, 0.5) is 5.69 Å². The van der Waals surface area contributed by atoms with Crippen LogP contribution >= 0.6 is 23.2 Å². The Kier molecular flexibility index (Phi) is 5.02. The van der Waals surface area contributed by atoms with E-state index in [1.165, 1.54) is 0 Å². The van der Waals surface area contributed by atoms with Crippen molar-refractivity contribution in [2.75, 3.05) is 5.32 Å².